The molecule has 0 aromatic heterocycles. The molecule has 0 amide bonds. The van der Waals surface area contributed by atoms with Gasteiger partial charge in [-0.25, -0.2) is 4.79 Å². The van der Waals surface area contributed by atoms with Crippen LogP contribution in [0.15, 0.2) is 12.2 Å². The Balaban J connectivity index is 3.09. The lowest BCUT2D eigenvalue weighted by Gasteiger charge is -2.04. The zero-order chi connectivity index (χ0) is 23.5. The van der Waals surface area contributed by atoms with E-state index in [1.165, 1.54) is 141 Å². The number of carboxylic acids is 1. The summed E-state index contributed by atoms with van der Waals surface area (Å²) in [4.78, 5) is 10.5. The molecule has 3 nitrogen and oxygen atoms in total. The molecule has 0 aliphatic carbocycles. The largest absolute Gasteiger partial charge is 0.479 e. The lowest BCUT2D eigenvalue weighted by molar-refractivity contribution is -0.146. The van der Waals surface area contributed by atoms with Crippen LogP contribution in [0.1, 0.15) is 161 Å². The van der Waals surface area contributed by atoms with Crippen molar-refractivity contribution in [2.75, 3.05) is 0 Å². The fourth-order valence-electron chi connectivity index (χ4n) is 4.31. The van der Waals surface area contributed by atoms with Crippen molar-refractivity contribution in [1.29, 1.82) is 0 Å². The van der Waals surface area contributed by atoms with E-state index >= 15 is 0 Å². The van der Waals surface area contributed by atoms with Crippen molar-refractivity contribution >= 4 is 5.97 Å². The molecule has 0 saturated heterocycles. The zero-order valence-corrected chi connectivity index (χ0v) is 21.5. The van der Waals surface area contributed by atoms with E-state index in [9.17, 15) is 4.79 Å². The predicted octanol–water partition coefficient (Wildman–Crippen LogP) is 9.37. The van der Waals surface area contributed by atoms with E-state index in [-0.39, 0.29) is 6.42 Å². The minimum Gasteiger partial charge on any atom is -0.479 e. The summed E-state index contributed by atoms with van der Waals surface area (Å²) in [5.41, 5.74) is 0. The lowest BCUT2D eigenvalue weighted by Crippen LogP contribution is -2.17. The number of unbranched alkanes of at least 4 members (excludes halogenated alkanes) is 22. The number of rotatable bonds is 26. The first-order valence-corrected chi connectivity index (χ1v) is 14.2. The number of aliphatic hydroxyl groups excluding tert-OH is 1. The average Bonchev–Trinajstić information content (AvgIpc) is 2.78. The summed E-state index contributed by atoms with van der Waals surface area (Å²) in [5, 5.41) is 17.7. The van der Waals surface area contributed by atoms with Gasteiger partial charge in [-0.05, 0) is 12.8 Å². The van der Waals surface area contributed by atoms with E-state index in [2.05, 4.69) is 6.92 Å². The molecular weight excluding hydrogens is 396 g/mol. The van der Waals surface area contributed by atoms with Crippen molar-refractivity contribution < 1.29 is 15.0 Å². The van der Waals surface area contributed by atoms with Crippen LogP contribution in [-0.4, -0.2) is 22.3 Å². The average molecular weight is 453 g/mol. The highest BCUT2D eigenvalue weighted by atomic mass is 16.4. The van der Waals surface area contributed by atoms with Gasteiger partial charge in [0.1, 0.15) is 0 Å². The molecule has 0 saturated carbocycles. The molecule has 0 aliphatic heterocycles. The maximum absolute atomic E-state index is 10.5. The quantitative estimate of drug-likeness (QED) is 0.101. The summed E-state index contributed by atoms with van der Waals surface area (Å²) in [6.45, 7) is 2.29. The highest BCUT2D eigenvalue weighted by molar-refractivity contribution is 5.72. The van der Waals surface area contributed by atoms with Gasteiger partial charge in [0.25, 0.3) is 0 Å². The smallest absolute Gasteiger partial charge is 0.332 e. The number of allylic oxidation sites excluding steroid dienone is 1. The first kappa shape index (κ1) is 31.2. The van der Waals surface area contributed by atoms with Crippen LogP contribution in [-0.2, 0) is 4.79 Å². The van der Waals surface area contributed by atoms with Crippen LogP contribution in [0.4, 0.5) is 0 Å². The van der Waals surface area contributed by atoms with Crippen LogP contribution in [0, 0.1) is 0 Å². The summed E-state index contributed by atoms with van der Waals surface area (Å²) in [6.07, 6.45) is 34.6. The zero-order valence-electron chi connectivity index (χ0n) is 21.5. The van der Waals surface area contributed by atoms with E-state index in [1.54, 1.807) is 6.08 Å². The van der Waals surface area contributed by atoms with Crippen molar-refractivity contribution in [3.05, 3.63) is 12.2 Å². The number of aliphatic hydroxyl groups is 1. The Morgan fingerprint density at radius 3 is 1.19 bits per heavy atom. The monoisotopic (exact) mass is 452 g/mol. The number of hydrogen-bond acceptors (Lipinski definition) is 2. The molecule has 0 aromatic rings. The first-order chi connectivity index (χ1) is 15.7. The minimum atomic E-state index is -1.25. The van der Waals surface area contributed by atoms with Crippen molar-refractivity contribution in [3.63, 3.8) is 0 Å². The summed E-state index contributed by atoms with van der Waals surface area (Å²) < 4.78 is 0. The van der Waals surface area contributed by atoms with Crippen molar-refractivity contribution in [3.8, 4) is 0 Å². The molecule has 0 bridgehead atoms. The Morgan fingerprint density at radius 1 is 0.562 bits per heavy atom. The Morgan fingerprint density at radius 2 is 0.875 bits per heavy atom. The molecule has 0 spiro atoms. The SMILES string of the molecule is CCCCCCCCCCCCCCCCCCCCCCCCC=CCC(O)C(=O)O. The van der Waals surface area contributed by atoms with Crippen molar-refractivity contribution in [2.24, 2.45) is 0 Å². The minimum absolute atomic E-state index is 0.217. The lowest BCUT2D eigenvalue weighted by atomic mass is 10.0. The molecule has 3 heteroatoms. The molecule has 1 unspecified atom stereocenters. The van der Waals surface area contributed by atoms with Gasteiger partial charge in [0.05, 0.1) is 0 Å². The topological polar surface area (TPSA) is 57.5 Å². The van der Waals surface area contributed by atoms with Gasteiger partial charge >= 0.3 is 5.97 Å². The van der Waals surface area contributed by atoms with Gasteiger partial charge in [-0.15, -0.1) is 0 Å². The highest BCUT2D eigenvalue weighted by Gasteiger charge is 2.09. The molecule has 0 radical (unpaired) electrons. The molecule has 190 valence electrons. The molecule has 0 rings (SSSR count). The molecule has 0 aliphatic rings. The van der Waals surface area contributed by atoms with Crippen LogP contribution in [0.2, 0.25) is 0 Å². The molecule has 0 heterocycles. The van der Waals surface area contributed by atoms with Crippen LogP contribution in [0.3, 0.4) is 0 Å². The third kappa shape index (κ3) is 25.4. The first-order valence-electron chi connectivity index (χ1n) is 14.2. The van der Waals surface area contributed by atoms with Crippen LogP contribution in [0.25, 0.3) is 0 Å². The van der Waals surface area contributed by atoms with Gasteiger partial charge < -0.3 is 10.2 Å². The Hall–Kier alpha value is -0.830. The molecule has 1 atom stereocenters. The van der Waals surface area contributed by atoms with Gasteiger partial charge in [-0.1, -0.05) is 154 Å². The maximum Gasteiger partial charge on any atom is 0.332 e. The molecule has 2 N–H and O–H groups in total. The van der Waals surface area contributed by atoms with E-state index in [1.807, 2.05) is 6.08 Å². The summed E-state index contributed by atoms with van der Waals surface area (Å²) >= 11 is 0. The summed E-state index contributed by atoms with van der Waals surface area (Å²) in [5.74, 6) is -1.14. The number of aliphatic carboxylic acids is 1. The number of carbonyl (C=O) groups is 1. The Kier molecular flexibility index (Phi) is 25.7. The van der Waals surface area contributed by atoms with Gasteiger partial charge in [0.15, 0.2) is 6.10 Å². The van der Waals surface area contributed by atoms with E-state index < -0.39 is 12.1 Å². The second-order valence-corrected chi connectivity index (χ2v) is 9.77. The van der Waals surface area contributed by atoms with Gasteiger partial charge in [-0.2, -0.15) is 0 Å². The molecule has 0 aromatic carbocycles. The van der Waals surface area contributed by atoms with E-state index in [4.69, 9.17) is 10.2 Å². The van der Waals surface area contributed by atoms with E-state index in [0.717, 1.165) is 6.42 Å². The number of carboxylic acid groups (broad SMARTS) is 1. The Labute approximate surface area is 200 Å². The number of hydrogen-bond donors (Lipinski definition) is 2. The standard InChI is InChI=1S/C29H56O3/c1-2-3-4-5-6-7-8-9-10-11-12-13-14-15-16-17-18-19-20-21-22-23-24-25-26-27-28(30)29(31)32/h25-26,28,30H,2-24,27H2,1H3,(H,31,32). The highest BCUT2D eigenvalue weighted by Crippen LogP contribution is 2.15. The van der Waals surface area contributed by atoms with Crippen LogP contribution < -0.4 is 0 Å². The van der Waals surface area contributed by atoms with Crippen molar-refractivity contribution in [2.45, 2.75) is 167 Å². The second kappa shape index (κ2) is 26.4. The Bertz CT molecular complexity index is 405. The molecule has 0 fully saturated rings. The maximum atomic E-state index is 10.5. The van der Waals surface area contributed by atoms with Crippen LogP contribution in [0.5, 0.6) is 0 Å². The van der Waals surface area contributed by atoms with Gasteiger partial charge in [0, 0.05) is 6.42 Å². The fraction of sp³-hybridized carbons (Fsp3) is 0.897. The van der Waals surface area contributed by atoms with Crippen LogP contribution >= 0.6 is 0 Å². The molecular formula is C29H56O3. The summed E-state index contributed by atoms with van der Waals surface area (Å²) in [7, 11) is 0. The third-order valence-corrected chi connectivity index (χ3v) is 6.54. The predicted molar refractivity (Wildman–Crippen MR) is 139 cm³/mol. The summed E-state index contributed by atoms with van der Waals surface area (Å²) in [6, 6.07) is 0. The van der Waals surface area contributed by atoms with E-state index in [0.29, 0.717) is 0 Å². The second-order valence-electron chi connectivity index (χ2n) is 9.77. The fourth-order valence-corrected chi connectivity index (χ4v) is 4.31. The third-order valence-electron chi connectivity index (χ3n) is 6.54. The molecule has 32 heavy (non-hydrogen) atoms. The van der Waals surface area contributed by atoms with Gasteiger partial charge in [-0.3, -0.25) is 0 Å². The van der Waals surface area contributed by atoms with Gasteiger partial charge in [0.2, 0.25) is 0 Å². The normalized spacial score (nSPS) is 12.6. The van der Waals surface area contributed by atoms with Crippen molar-refractivity contribution in [1.82, 2.24) is 0 Å².